The molecule has 0 aliphatic carbocycles. The Balaban J connectivity index is 1.39. The molecular formula is C20H18FN5OS. The quantitative estimate of drug-likeness (QED) is 0.530. The van der Waals surface area contributed by atoms with Gasteiger partial charge >= 0.3 is 6.03 Å². The van der Waals surface area contributed by atoms with Gasteiger partial charge in [-0.15, -0.1) is 16.4 Å². The molecule has 0 unspecified atom stereocenters. The molecule has 2 aromatic carbocycles. The van der Waals surface area contributed by atoms with Crippen LogP contribution in [0.25, 0.3) is 16.3 Å². The van der Waals surface area contributed by atoms with Crippen LogP contribution in [0, 0.1) is 12.7 Å². The van der Waals surface area contributed by atoms with Gasteiger partial charge in [-0.25, -0.2) is 13.7 Å². The number of aryl methyl sites for hydroxylation is 1. The van der Waals surface area contributed by atoms with E-state index < -0.39 is 0 Å². The topological polar surface area (TPSA) is 71.3 Å². The summed E-state index contributed by atoms with van der Waals surface area (Å²) in [5.41, 5.74) is 3.16. The molecule has 142 valence electrons. The minimum Gasteiger partial charge on any atom is -0.337 e. The van der Waals surface area contributed by atoms with E-state index in [0.29, 0.717) is 29.3 Å². The van der Waals surface area contributed by atoms with E-state index in [1.807, 2.05) is 36.6 Å². The zero-order chi connectivity index (χ0) is 19.5. The Kier molecular flexibility index (Phi) is 5.03. The van der Waals surface area contributed by atoms with Gasteiger partial charge in [0, 0.05) is 24.0 Å². The third-order valence-electron chi connectivity index (χ3n) is 4.24. The SMILES string of the molecule is Cc1ccc(NC(=O)NCCc2csc3nc(-c4ccccc4F)nn23)cc1. The van der Waals surface area contributed by atoms with Crippen molar-refractivity contribution in [1.29, 1.82) is 0 Å². The first-order valence-corrected chi connectivity index (χ1v) is 9.68. The van der Waals surface area contributed by atoms with Gasteiger partial charge in [-0.3, -0.25) is 0 Å². The second kappa shape index (κ2) is 7.77. The monoisotopic (exact) mass is 395 g/mol. The van der Waals surface area contributed by atoms with Gasteiger partial charge in [0.25, 0.3) is 0 Å². The second-order valence-corrected chi connectivity index (χ2v) is 7.17. The van der Waals surface area contributed by atoms with Crippen molar-refractivity contribution in [2.24, 2.45) is 0 Å². The highest BCUT2D eigenvalue weighted by Crippen LogP contribution is 2.23. The van der Waals surface area contributed by atoms with E-state index in [4.69, 9.17) is 0 Å². The Morgan fingerprint density at radius 3 is 2.75 bits per heavy atom. The molecule has 0 fully saturated rings. The Morgan fingerprint density at radius 2 is 1.96 bits per heavy atom. The number of carbonyl (C=O) groups excluding carboxylic acids is 1. The van der Waals surface area contributed by atoms with Crippen LogP contribution in [-0.4, -0.2) is 27.2 Å². The third kappa shape index (κ3) is 3.86. The Hall–Kier alpha value is -3.26. The Bertz CT molecular complexity index is 1120. The van der Waals surface area contributed by atoms with E-state index in [9.17, 15) is 9.18 Å². The molecule has 0 saturated heterocycles. The molecule has 0 radical (unpaired) electrons. The van der Waals surface area contributed by atoms with Crippen LogP contribution in [0.15, 0.2) is 53.9 Å². The molecule has 0 spiro atoms. The van der Waals surface area contributed by atoms with Gasteiger partial charge in [-0.1, -0.05) is 29.8 Å². The van der Waals surface area contributed by atoms with Gasteiger partial charge < -0.3 is 10.6 Å². The number of benzene rings is 2. The predicted octanol–water partition coefficient (Wildman–Crippen LogP) is 4.27. The number of fused-ring (bicyclic) bond motifs is 1. The largest absolute Gasteiger partial charge is 0.337 e. The molecule has 0 saturated carbocycles. The van der Waals surface area contributed by atoms with E-state index in [2.05, 4.69) is 20.7 Å². The average Bonchev–Trinajstić information content (AvgIpc) is 3.26. The zero-order valence-corrected chi connectivity index (χ0v) is 16.0. The average molecular weight is 395 g/mol. The summed E-state index contributed by atoms with van der Waals surface area (Å²) in [5.74, 6) is 0.00743. The van der Waals surface area contributed by atoms with Gasteiger partial charge in [-0.05, 0) is 31.2 Å². The summed E-state index contributed by atoms with van der Waals surface area (Å²) in [7, 11) is 0. The smallest absolute Gasteiger partial charge is 0.319 e. The zero-order valence-electron chi connectivity index (χ0n) is 15.1. The lowest BCUT2D eigenvalue weighted by molar-refractivity contribution is 0.252. The predicted molar refractivity (Wildman–Crippen MR) is 108 cm³/mol. The van der Waals surface area contributed by atoms with Crippen LogP contribution >= 0.6 is 11.3 Å². The van der Waals surface area contributed by atoms with Gasteiger partial charge in [0.1, 0.15) is 5.82 Å². The van der Waals surface area contributed by atoms with Crippen molar-refractivity contribution >= 4 is 28.0 Å². The maximum Gasteiger partial charge on any atom is 0.319 e. The molecule has 4 aromatic rings. The molecule has 2 heterocycles. The van der Waals surface area contributed by atoms with E-state index in [0.717, 1.165) is 16.9 Å². The van der Waals surface area contributed by atoms with Crippen LogP contribution in [0.3, 0.4) is 0 Å². The lowest BCUT2D eigenvalue weighted by Crippen LogP contribution is -2.30. The summed E-state index contributed by atoms with van der Waals surface area (Å²) in [4.78, 5) is 17.1. The van der Waals surface area contributed by atoms with Crippen LogP contribution in [0.4, 0.5) is 14.9 Å². The maximum atomic E-state index is 14.0. The van der Waals surface area contributed by atoms with Crippen molar-refractivity contribution < 1.29 is 9.18 Å². The number of nitrogens with zero attached hydrogens (tertiary/aromatic N) is 3. The van der Waals surface area contributed by atoms with E-state index in [-0.39, 0.29) is 11.8 Å². The molecule has 4 rings (SSSR count). The fourth-order valence-electron chi connectivity index (χ4n) is 2.77. The summed E-state index contributed by atoms with van der Waals surface area (Å²) in [5, 5.41) is 12.0. The van der Waals surface area contributed by atoms with Crippen molar-refractivity contribution in [1.82, 2.24) is 19.9 Å². The van der Waals surface area contributed by atoms with Gasteiger partial charge in [0.2, 0.25) is 4.96 Å². The number of carbonyl (C=O) groups is 1. The first kappa shape index (κ1) is 18.1. The molecule has 6 nitrogen and oxygen atoms in total. The molecular weight excluding hydrogens is 377 g/mol. The summed E-state index contributed by atoms with van der Waals surface area (Å²) >= 11 is 1.44. The van der Waals surface area contributed by atoms with Crippen LogP contribution in [0.5, 0.6) is 0 Å². The highest BCUT2D eigenvalue weighted by atomic mass is 32.1. The first-order chi connectivity index (χ1) is 13.6. The molecule has 0 aliphatic heterocycles. The van der Waals surface area contributed by atoms with Crippen LogP contribution in [-0.2, 0) is 6.42 Å². The number of rotatable bonds is 5. The number of hydrogen-bond donors (Lipinski definition) is 2. The van der Waals surface area contributed by atoms with Crippen molar-refractivity contribution in [3.63, 3.8) is 0 Å². The van der Waals surface area contributed by atoms with Crippen molar-refractivity contribution in [3.05, 3.63) is 71.0 Å². The first-order valence-electron chi connectivity index (χ1n) is 8.80. The van der Waals surface area contributed by atoms with Crippen molar-refractivity contribution in [3.8, 4) is 11.4 Å². The lowest BCUT2D eigenvalue weighted by Gasteiger charge is -2.07. The molecule has 2 amide bonds. The van der Waals surface area contributed by atoms with Crippen LogP contribution in [0.1, 0.15) is 11.3 Å². The highest BCUT2D eigenvalue weighted by Gasteiger charge is 2.14. The molecule has 0 bridgehead atoms. The number of nitrogens with one attached hydrogen (secondary N) is 2. The molecule has 8 heteroatoms. The lowest BCUT2D eigenvalue weighted by atomic mass is 10.2. The number of amides is 2. The minimum atomic E-state index is -0.350. The highest BCUT2D eigenvalue weighted by molar-refractivity contribution is 7.15. The van der Waals surface area contributed by atoms with E-state index in [1.54, 1.807) is 22.7 Å². The van der Waals surface area contributed by atoms with Crippen LogP contribution < -0.4 is 10.6 Å². The molecule has 0 atom stereocenters. The number of halogens is 1. The molecule has 28 heavy (non-hydrogen) atoms. The summed E-state index contributed by atoms with van der Waals surface area (Å²) in [6, 6.07) is 13.8. The summed E-state index contributed by atoms with van der Waals surface area (Å²) < 4.78 is 15.7. The molecule has 2 aromatic heterocycles. The Morgan fingerprint density at radius 1 is 1.18 bits per heavy atom. The van der Waals surface area contributed by atoms with E-state index >= 15 is 0 Å². The fourth-order valence-corrected chi connectivity index (χ4v) is 3.63. The molecule has 2 N–H and O–H groups in total. The minimum absolute atomic E-state index is 0.263. The van der Waals surface area contributed by atoms with Crippen molar-refractivity contribution in [2.45, 2.75) is 13.3 Å². The van der Waals surface area contributed by atoms with Crippen molar-refractivity contribution in [2.75, 3.05) is 11.9 Å². The van der Waals surface area contributed by atoms with Gasteiger partial charge in [0.15, 0.2) is 5.82 Å². The maximum absolute atomic E-state index is 14.0. The van der Waals surface area contributed by atoms with Gasteiger partial charge in [0.05, 0.1) is 11.3 Å². The second-order valence-electron chi connectivity index (χ2n) is 6.33. The Labute approximate surface area is 165 Å². The number of hydrogen-bond acceptors (Lipinski definition) is 4. The number of aromatic nitrogens is 3. The standard InChI is InChI=1S/C20H18FN5OS/c1-13-6-8-14(9-7-13)23-19(27)22-11-10-15-12-28-20-24-18(25-26(15)20)16-4-2-3-5-17(16)21/h2-9,12H,10-11H2,1H3,(H2,22,23,27). The van der Waals surface area contributed by atoms with E-state index in [1.165, 1.54) is 17.4 Å². The summed E-state index contributed by atoms with van der Waals surface area (Å²) in [6.45, 7) is 2.44. The fraction of sp³-hybridized carbons (Fsp3) is 0.150. The number of urea groups is 1. The molecule has 0 aliphatic rings. The third-order valence-corrected chi connectivity index (χ3v) is 5.11. The van der Waals surface area contributed by atoms with Gasteiger partial charge in [-0.2, -0.15) is 4.98 Å². The number of anilines is 1. The summed E-state index contributed by atoms with van der Waals surface area (Å²) in [6.07, 6.45) is 0.585. The number of thiazole rings is 1. The normalized spacial score (nSPS) is 10.9. The van der Waals surface area contributed by atoms with Crippen LogP contribution in [0.2, 0.25) is 0 Å².